The van der Waals surface area contributed by atoms with Gasteiger partial charge in [0, 0.05) is 16.0 Å². The summed E-state index contributed by atoms with van der Waals surface area (Å²) in [4.78, 5) is 24.3. The maximum Gasteiger partial charge on any atom is 0.251 e. The van der Waals surface area contributed by atoms with Gasteiger partial charge in [-0.1, -0.05) is 6.07 Å². The molecule has 0 radical (unpaired) electrons. The van der Waals surface area contributed by atoms with Crippen molar-refractivity contribution in [3.05, 3.63) is 27.1 Å². The first kappa shape index (κ1) is 12.6. The minimum atomic E-state index is -0.484. The minimum absolute atomic E-state index is 0.157. The number of anilines is 1. The van der Waals surface area contributed by atoms with Crippen molar-refractivity contribution in [3.63, 3.8) is 0 Å². The average molecular weight is 362 g/mol. The van der Waals surface area contributed by atoms with E-state index in [4.69, 9.17) is 0 Å². The van der Waals surface area contributed by atoms with E-state index in [2.05, 4.69) is 37.2 Å². The van der Waals surface area contributed by atoms with Gasteiger partial charge in [0.05, 0.1) is 12.1 Å². The number of likely N-dealkylation sites (N-methyl/N-ethyl adjacent to an activating group) is 1. The number of para-hydroxylation sites is 1. The summed E-state index contributed by atoms with van der Waals surface area (Å²) in [6, 6.07) is 5.14. The van der Waals surface area contributed by atoms with Gasteiger partial charge in [-0.3, -0.25) is 14.5 Å². The van der Waals surface area contributed by atoms with Crippen molar-refractivity contribution >= 4 is 49.4 Å². The third-order valence-corrected chi connectivity index (χ3v) is 3.98. The molecule has 90 valence electrons. The number of amides is 2. The molecule has 1 aliphatic heterocycles. The molecule has 1 aromatic rings. The molecule has 2 amide bonds. The topological polar surface area (TPSA) is 49.4 Å². The van der Waals surface area contributed by atoms with Crippen LogP contribution in [-0.4, -0.2) is 29.8 Å². The van der Waals surface area contributed by atoms with Crippen molar-refractivity contribution in [2.75, 3.05) is 12.4 Å². The van der Waals surface area contributed by atoms with Crippen LogP contribution in [0.15, 0.2) is 27.1 Å². The number of imide groups is 1. The number of likely N-dealkylation sites (tertiary alicyclic amines) is 1. The summed E-state index contributed by atoms with van der Waals surface area (Å²) in [5, 5.41) is 3.08. The lowest BCUT2D eigenvalue weighted by molar-refractivity contribution is -0.136. The van der Waals surface area contributed by atoms with Gasteiger partial charge in [-0.15, -0.1) is 0 Å². The number of hydrogen-bond donors (Lipinski definition) is 1. The highest BCUT2D eigenvalue weighted by molar-refractivity contribution is 9.11. The highest BCUT2D eigenvalue weighted by Gasteiger charge is 2.36. The molecule has 1 atom stereocenters. The Hall–Kier alpha value is -0.880. The fraction of sp³-hybridized carbons (Fsp3) is 0.273. The maximum absolute atomic E-state index is 11.8. The molecule has 1 aromatic carbocycles. The fourth-order valence-electron chi connectivity index (χ4n) is 1.68. The summed E-state index contributed by atoms with van der Waals surface area (Å²) in [6.45, 7) is 0. The Morgan fingerprint density at radius 2 is 1.88 bits per heavy atom. The second kappa shape index (κ2) is 4.78. The third kappa shape index (κ3) is 2.37. The highest BCUT2D eigenvalue weighted by Crippen LogP contribution is 2.32. The van der Waals surface area contributed by atoms with Crippen LogP contribution in [0.5, 0.6) is 0 Å². The number of hydrogen-bond acceptors (Lipinski definition) is 3. The molecule has 0 bridgehead atoms. The predicted octanol–water partition coefficient (Wildman–Crippen LogP) is 2.38. The smallest absolute Gasteiger partial charge is 0.251 e. The Kier molecular flexibility index (Phi) is 3.53. The van der Waals surface area contributed by atoms with Crippen molar-refractivity contribution in [1.82, 2.24) is 4.90 Å². The van der Waals surface area contributed by atoms with E-state index >= 15 is 0 Å². The summed E-state index contributed by atoms with van der Waals surface area (Å²) >= 11 is 6.80. The Bertz CT molecular complexity index is 470. The first-order valence-corrected chi connectivity index (χ1v) is 6.60. The first-order chi connectivity index (χ1) is 8.00. The molecule has 17 heavy (non-hydrogen) atoms. The van der Waals surface area contributed by atoms with Gasteiger partial charge in [0.1, 0.15) is 6.04 Å². The van der Waals surface area contributed by atoms with Crippen molar-refractivity contribution in [3.8, 4) is 0 Å². The van der Waals surface area contributed by atoms with E-state index in [1.807, 2.05) is 18.2 Å². The molecule has 2 rings (SSSR count). The average Bonchev–Trinajstić information content (AvgIpc) is 2.52. The predicted molar refractivity (Wildman–Crippen MR) is 71.6 cm³/mol. The number of halogens is 2. The second-order valence-electron chi connectivity index (χ2n) is 3.79. The zero-order valence-corrected chi connectivity index (χ0v) is 12.2. The molecule has 0 aliphatic carbocycles. The van der Waals surface area contributed by atoms with Crippen molar-refractivity contribution in [1.29, 1.82) is 0 Å². The van der Waals surface area contributed by atoms with Gasteiger partial charge in [0.2, 0.25) is 5.91 Å². The van der Waals surface area contributed by atoms with Crippen LogP contribution in [0, 0.1) is 0 Å². The van der Waals surface area contributed by atoms with Gasteiger partial charge < -0.3 is 5.32 Å². The van der Waals surface area contributed by atoms with Crippen LogP contribution in [0.2, 0.25) is 0 Å². The summed E-state index contributed by atoms with van der Waals surface area (Å²) in [5.41, 5.74) is 0.786. The van der Waals surface area contributed by atoms with Crippen molar-refractivity contribution in [2.45, 2.75) is 12.5 Å². The highest BCUT2D eigenvalue weighted by atomic mass is 79.9. The van der Waals surface area contributed by atoms with Crippen LogP contribution in [0.25, 0.3) is 0 Å². The van der Waals surface area contributed by atoms with Crippen LogP contribution in [0.3, 0.4) is 0 Å². The van der Waals surface area contributed by atoms with E-state index in [0.717, 1.165) is 19.5 Å². The lowest BCUT2D eigenvalue weighted by Crippen LogP contribution is -2.31. The van der Waals surface area contributed by atoms with Crippen LogP contribution in [0.1, 0.15) is 6.42 Å². The lowest BCUT2D eigenvalue weighted by Gasteiger charge is -2.15. The summed E-state index contributed by atoms with van der Waals surface area (Å²) in [7, 11) is 1.50. The quantitative estimate of drug-likeness (QED) is 0.823. The SMILES string of the molecule is CN1C(=O)CC(Nc2c(Br)cccc2Br)C1=O. The molecule has 1 heterocycles. The van der Waals surface area contributed by atoms with Gasteiger partial charge >= 0.3 is 0 Å². The monoisotopic (exact) mass is 360 g/mol. The Labute approximate surface area is 116 Å². The van der Waals surface area contributed by atoms with E-state index in [1.54, 1.807) is 0 Å². The summed E-state index contributed by atoms with van der Waals surface area (Å²) < 4.78 is 1.70. The summed E-state index contributed by atoms with van der Waals surface area (Å²) in [6.07, 6.45) is 0.198. The van der Waals surface area contributed by atoms with E-state index in [1.165, 1.54) is 7.05 Å². The largest absolute Gasteiger partial charge is 0.371 e. The number of nitrogens with zero attached hydrogens (tertiary/aromatic N) is 1. The first-order valence-electron chi connectivity index (χ1n) is 5.01. The van der Waals surface area contributed by atoms with Gasteiger partial charge in [0.15, 0.2) is 0 Å². The molecule has 4 nitrogen and oxygen atoms in total. The number of carbonyl (C=O) groups is 2. The summed E-state index contributed by atoms with van der Waals surface area (Å²) in [5.74, 6) is -0.353. The van der Waals surface area contributed by atoms with Crippen LogP contribution >= 0.6 is 31.9 Å². The molecule has 0 saturated carbocycles. The lowest BCUT2D eigenvalue weighted by atomic mass is 10.2. The standard InChI is InChI=1S/C11H10Br2N2O2/c1-15-9(16)5-8(11(15)17)14-10-6(12)3-2-4-7(10)13/h2-4,8,14H,5H2,1H3. The van der Waals surface area contributed by atoms with E-state index in [-0.39, 0.29) is 18.2 Å². The fourth-order valence-corrected chi connectivity index (χ4v) is 2.91. The number of carbonyl (C=O) groups excluding carboxylic acids is 2. The van der Waals surface area contributed by atoms with E-state index in [0.29, 0.717) is 0 Å². The van der Waals surface area contributed by atoms with Gasteiger partial charge in [0.25, 0.3) is 5.91 Å². The molecular weight excluding hydrogens is 352 g/mol. The van der Waals surface area contributed by atoms with Crippen molar-refractivity contribution < 1.29 is 9.59 Å². The minimum Gasteiger partial charge on any atom is -0.371 e. The molecule has 0 spiro atoms. The van der Waals surface area contributed by atoms with E-state index < -0.39 is 6.04 Å². The van der Waals surface area contributed by atoms with Gasteiger partial charge in [-0.25, -0.2) is 0 Å². The van der Waals surface area contributed by atoms with Crippen LogP contribution in [0.4, 0.5) is 5.69 Å². The van der Waals surface area contributed by atoms with Crippen LogP contribution < -0.4 is 5.32 Å². The number of benzene rings is 1. The molecule has 6 heteroatoms. The number of nitrogens with one attached hydrogen (secondary N) is 1. The molecular formula is C11H10Br2N2O2. The van der Waals surface area contributed by atoms with Gasteiger partial charge in [-0.05, 0) is 44.0 Å². The maximum atomic E-state index is 11.8. The van der Waals surface area contributed by atoms with Crippen molar-refractivity contribution in [2.24, 2.45) is 0 Å². The normalized spacial score (nSPS) is 19.9. The molecule has 1 aliphatic rings. The molecule has 1 unspecified atom stereocenters. The zero-order chi connectivity index (χ0) is 12.6. The molecule has 1 N–H and O–H groups in total. The Morgan fingerprint density at radius 1 is 1.29 bits per heavy atom. The molecule has 0 aromatic heterocycles. The zero-order valence-electron chi connectivity index (χ0n) is 9.04. The molecule has 1 fully saturated rings. The Morgan fingerprint density at radius 3 is 2.35 bits per heavy atom. The van der Waals surface area contributed by atoms with Gasteiger partial charge in [-0.2, -0.15) is 0 Å². The number of rotatable bonds is 2. The second-order valence-corrected chi connectivity index (χ2v) is 5.50. The van der Waals surface area contributed by atoms with E-state index in [9.17, 15) is 9.59 Å². The molecule has 1 saturated heterocycles. The Balaban J connectivity index is 2.23. The third-order valence-electron chi connectivity index (χ3n) is 2.66. The van der Waals surface area contributed by atoms with Crippen LogP contribution in [-0.2, 0) is 9.59 Å².